The molecule has 1 unspecified atom stereocenters. The second-order valence-electron chi connectivity index (χ2n) is 6.40. The second kappa shape index (κ2) is 8.18. The molecule has 0 bridgehead atoms. The predicted molar refractivity (Wildman–Crippen MR) is 97.8 cm³/mol. The summed E-state index contributed by atoms with van der Waals surface area (Å²) in [5, 5.41) is 10.2. The molecule has 0 radical (unpaired) electrons. The maximum atomic E-state index is 10.2. The van der Waals surface area contributed by atoms with Gasteiger partial charge < -0.3 is 14.7 Å². The molecule has 1 atom stereocenters. The normalized spacial score (nSPS) is 16.8. The molecule has 0 saturated carbocycles. The van der Waals surface area contributed by atoms with Crippen molar-refractivity contribution in [3.63, 3.8) is 0 Å². The van der Waals surface area contributed by atoms with Gasteiger partial charge in [-0.25, -0.2) is 0 Å². The smallest absolute Gasteiger partial charge is 0.119 e. The van der Waals surface area contributed by atoms with Crippen LogP contribution >= 0.6 is 0 Å². The lowest BCUT2D eigenvalue weighted by Crippen LogP contribution is -2.49. The molecular weight excluding hydrogens is 300 g/mol. The first-order chi connectivity index (χ1) is 11.7. The van der Waals surface area contributed by atoms with Gasteiger partial charge in [-0.15, -0.1) is 0 Å². The molecule has 24 heavy (non-hydrogen) atoms. The van der Waals surface area contributed by atoms with Crippen LogP contribution in [0.2, 0.25) is 0 Å². The molecule has 3 rings (SSSR count). The molecule has 128 valence electrons. The Labute approximate surface area is 144 Å². The number of hydrogen-bond donors (Lipinski definition) is 1. The third kappa shape index (κ3) is 4.73. The van der Waals surface area contributed by atoms with Gasteiger partial charge in [0, 0.05) is 38.4 Å². The van der Waals surface area contributed by atoms with Gasteiger partial charge in [0.05, 0.1) is 0 Å². The summed E-state index contributed by atoms with van der Waals surface area (Å²) in [5.74, 6) is 0.822. The van der Waals surface area contributed by atoms with Crippen LogP contribution in [0.4, 0.5) is 5.69 Å². The number of ether oxygens (including phenoxy) is 1. The van der Waals surface area contributed by atoms with Gasteiger partial charge in [0.2, 0.25) is 0 Å². The van der Waals surface area contributed by atoms with Crippen molar-refractivity contribution in [3.05, 3.63) is 60.2 Å². The Kier molecular flexibility index (Phi) is 5.72. The zero-order chi connectivity index (χ0) is 16.8. The molecular formula is C20H26N2O2. The number of aryl methyl sites for hydroxylation is 1. The first-order valence-electron chi connectivity index (χ1n) is 8.60. The van der Waals surface area contributed by atoms with Crippen molar-refractivity contribution in [2.24, 2.45) is 0 Å². The average molecular weight is 326 g/mol. The van der Waals surface area contributed by atoms with E-state index < -0.39 is 6.10 Å². The number of piperazine rings is 1. The molecule has 1 heterocycles. The van der Waals surface area contributed by atoms with E-state index in [2.05, 4.69) is 34.1 Å². The number of anilines is 1. The number of β-amino-alcohol motifs (C(OH)–C–C–N with tert-alkyl or cyclic N) is 1. The number of rotatable bonds is 6. The van der Waals surface area contributed by atoms with Crippen LogP contribution in [0.1, 0.15) is 5.56 Å². The average Bonchev–Trinajstić information content (AvgIpc) is 2.61. The lowest BCUT2D eigenvalue weighted by Gasteiger charge is -2.36. The molecule has 2 aromatic rings. The van der Waals surface area contributed by atoms with E-state index in [1.165, 1.54) is 11.3 Å². The molecule has 2 aromatic carbocycles. The van der Waals surface area contributed by atoms with Crippen LogP contribution in [0.3, 0.4) is 0 Å². The van der Waals surface area contributed by atoms with Crippen LogP contribution in [-0.4, -0.2) is 55.4 Å². The van der Waals surface area contributed by atoms with E-state index in [0.29, 0.717) is 13.2 Å². The van der Waals surface area contributed by atoms with E-state index in [4.69, 9.17) is 4.74 Å². The molecule has 4 heteroatoms. The van der Waals surface area contributed by atoms with Crippen molar-refractivity contribution < 1.29 is 9.84 Å². The largest absolute Gasteiger partial charge is 0.491 e. The highest BCUT2D eigenvalue weighted by Crippen LogP contribution is 2.16. The van der Waals surface area contributed by atoms with Crippen molar-refractivity contribution in [1.29, 1.82) is 0 Å². The monoisotopic (exact) mass is 326 g/mol. The quantitative estimate of drug-likeness (QED) is 0.885. The minimum Gasteiger partial charge on any atom is -0.491 e. The predicted octanol–water partition coefficient (Wildman–Crippen LogP) is 2.56. The summed E-state index contributed by atoms with van der Waals surface area (Å²) in [6, 6.07) is 18.4. The summed E-state index contributed by atoms with van der Waals surface area (Å²) in [7, 11) is 0. The Morgan fingerprint density at radius 1 is 1.00 bits per heavy atom. The van der Waals surface area contributed by atoms with Gasteiger partial charge in [-0.3, -0.25) is 4.90 Å². The van der Waals surface area contributed by atoms with E-state index in [0.717, 1.165) is 31.9 Å². The highest BCUT2D eigenvalue weighted by Gasteiger charge is 2.19. The first-order valence-corrected chi connectivity index (χ1v) is 8.60. The van der Waals surface area contributed by atoms with Gasteiger partial charge in [0.25, 0.3) is 0 Å². The van der Waals surface area contributed by atoms with E-state index in [9.17, 15) is 5.11 Å². The Morgan fingerprint density at radius 3 is 2.46 bits per heavy atom. The summed E-state index contributed by atoms with van der Waals surface area (Å²) in [5.41, 5.74) is 2.44. The van der Waals surface area contributed by atoms with Crippen molar-refractivity contribution in [1.82, 2.24) is 4.90 Å². The summed E-state index contributed by atoms with van der Waals surface area (Å²) in [4.78, 5) is 4.70. The summed E-state index contributed by atoms with van der Waals surface area (Å²) in [6.45, 7) is 6.96. The number of para-hydroxylation sites is 1. The number of aliphatic hydroxyl groups is 1. The maximum Gasteiger partial charge on any atom is 0.119 e. The molecule has 0 aliphatic carbocycles. The zero-order valence-electron chi connectivity index (χ0n) is 14.3. The van der Waals surface area contributed by atoms with Crippen LogP contribution in [0, 0.1) is 6.92 Å². The Bertz CT molecular complexity index is 625. The Hall–Kier alpha value is -2.04. The van der Waals surface area contributed by atoms with Crippen LogP contribution in [0.25, 0.3) is 0 Å². The van der Waals surface area contributed by atoms with E-state index in [1.807, 2.05) is 37.3 Å². The Balaban J connectivity index is 1.41. The Morgan fingerprint density at radius 2 is 1.75 bits per heavy atom. The van der Waals surface area contributed by atoms with Gasteiger partial charge in [0.1, 0.15) is 18.5 Å². The van der Waals surface area contributed by atoms with Crippen LogP contribution in [0.15, 0.2) is 54.6 Å². The molecule has 1 aliphatic rings. The van der Waals surface area contributed by atoms with Crippen molar-refractivity contribution in [2.45, 2.75) is 13.0 Å². The second-order valence-corrected chi connectivity index (χ2v) is 6.40. The molecule has 0 amide bonds. The summed E-state index contributed by atoms with van der Waals surface area (Å²) >= 11 is 0. The lowest BCUT2D eigenvalue weighted by atomic mass is 10.2. The topological polar surface area (TPSA) is 35.9 Å². The summed E-state index contributed by atoms with van der Waals surface area (Å²) in [6.07, 6.45) is -0.464. The molecule has 1 aliphatic heterocycles. The highest BCUT2D eigenvalue weighted by atomic mass is 16.5. The molecule has 0 spiro atoms. The van der Waals surface area contributed by atoms with E-state index in [1.54, 1.807) is 0 Å². The van der Waals surface area contributed by atoms with Crippen molar-refractivity contribution in [2.75, 3.05) is 44.2 Å². The minimum absolute atomic E-state index is 0.336. The summed E-state index contributed by atoms with van der Waals surface area (Å²) < 4.78 is 5.69. The van der Waals surface area contributed by atoms with Gasteiger partial charge in [0.15, 0.2) is 0 Å². The molecule has 1 fully saturated rings. The van der Waals surface area contributed by atoms with Gasteiger partial charge in [-0.2, -0.15) is 0 Å². The standard InChI is InChI=1S/C20H26N2O2/c1-17-6-5-9-20(14-17)24-16-19(23)15-21-10-12-22(13-11-21)18-7-3-2-4-8-18/h2-9,14,19,23H,10-13,15-16H2,1H3. The zero-order valence-corrected chi connectivity index (χ0v) is 14.3. The fourth-order valence-corrected chi connectivity index (χ4v) is 3.08. The number of hydrogen-bond acceptors (Lipinski definition) is 4. The van der Waals surface area contributed by atoms with Crippen molar-refractivity contribution in [3.8, 4) is 5.75 Å². The van der Waals surface area contributed by atoms with Crippen molar-refractivity contribution >= 4 is 5.69 Å². The molecule has 0 aromatic heterocycles. The van der Waals surface area contributed by atoms with Gasteiger partial charge >= 0.3 is 0 Å². The fraction of sp³-hybridized carbons (Fsp3) is 0.400. The maximum absolute atomic E-state index is 10.2. The van der Waals surface area contributed by atoms with Crippen LogP contribution < -0.4 is 9.64 Å². The highest BCUT2D eigenvalue weighted by molar-refractivity contribution is 5.46. The SMILES string of the molecule is Cc1cccc(OCC(O)CN2CCN(c3ccccc3)CC2)c1. The van der Waals surface area contributed by atoms with Crippen LogP contribution in [-0.2, 0) is 0 Å². The van der Waals surface area contributed by atoms with Gasteiger partial charge in [-0.05, 0) is 36.8 Å². The van der Waals surface area contributed by atoms with E-state index >= 15 is 0 Å². The van der Waals surface area contributed by atoms with E-state index in [-0.39, 0.29) is 0 Å². The lowest BCUT2D eigenvalue weighted by molar-refractivity contribution is 0.0663. The van der Waals surface area contributed by atoms with Crippen LogP contribution in [0.5, 0.6) is 5.75 Å². The first kappa shape index (κ1) is 16.8. The minimum atomic E-state index is -0.464. The molecule has 4 nitrogen and oxygen atoms in total. The molecule has 1 saturated heterocycles. The number of benzene rings is 2. The van der Waals surface area contributed by atoms with Gasteiger partial charge in [-0.1, -0.05) is 30.3 Å². The third-order valence-corrected chi connectivity index (χ3v) is 4.39. The number of aliphatic hydroxyl groups excluding tert-OH is 1. The third-order valence-electron chi connectivity index (χ3n) is 4.39. The number of nitrogens with zero attached hydrogens (tertiary/aromatic N) is 2. The fourth-order valence-electron chi connectivity index (χ4n) is 3.08. The molecule has 1 N–H and O–H groups in total.